The molecule has 3 aromatic rings. The number of amides is 8. The van der Waals surface area contributed by atoms with Gasteiger partial charge in [-0.25, -0.2) is 0 Å². The van der Waals surface area contributed by atoms with Crippen LogP contribution in [0.1, 0.15) is 69.9 Å². The maximum atomic E-state index is 14.3. The van der Waals surface area contributed by atoms with Crippen molar-refractivity contribution in [3.8, 4) is 0 Å². The normalized spacial score (nSPS) is 15.2. The number of hydrogen-bond acceptors (Lipinski definition) is 9. The topological polar surface area (TPSA) is 318 Å². The molecule has 20 nitrogen and oxygen atoms in total. The van der Waals surface area contributed by atoms with Crippen molar-refractivity contribution in [2.75, 3.05) is 26.2 Å². The van der Waals surface area contributed by atoms with Crippen molar-refractivity contribution in [3.63, 3.8) is 0 Å². The summed E-state index contributed by atoms with van der Waals surface area (Å²) >= 11 is 0. The molecule has 2 heterocycles. The van der Waals surface area contributed by atoms with Crippen molar-refractivity contribution in [2.45, 2.75) is 102 Å². The van der Waals surface area contributed by atoms with Gasteiger partial charge in [0.05, 0.1) is 13.1 Å². The predicted molar refractivity (Wildman–Crippen MR) is 235 cm³/mol. The number of guanidine groups is 1. The smallest absolute Gasteiger partial charge is 0.245 e. The minimum absolute atomic E-state index is 0.0132. The molecule has 1 aromatic heterocycles. The van der Waals surface area contributed by atoms with Crippen LogP contribution in [0.4, 0.5) is 0 Å². The number of H-pyrrole nitrogens is 1. The number of primary amides is 1. The molecule has 340 valence electrons. The van der Waals surface area contributed by atoms with E-state index < -0.39 is 84.6 Å². The van der Waals surface area contributed by atoms with Crippen molar-refractivity contribution in [1.82, 2.24) is 41.8 Å². The summed E-state index contributed by atoms with van der Waals surface area (Å²) in [5.74, 6) is -5.10. The van der Waals surface area contributed by atoms with E-state index in [0.717, 1.165) is 22.9 Å². The predicted octanol–water partition coefficient (Wildman–Crippen LogP) is -1.14. The van der Waals surface area contributed by atoms with Crippen LogP contribution in [0.2, 0.25) is 0 Å². The zero-order valence-corrected chi connectivity index (χ0v) is 35.7. The van der Waals surface area contributed by atoms with Gasteiger partial charge in [-0.1, -0.05) is 68.3 Å². The molecule has 2 unspecified atom stereocenters. The second-order valence-electron chi connectivity index (χ2n) is 15.4. The molecular weight excluding hydrogens is 813 g/mol. The SMILES string of the molecule is CCCC[C@H](NC(C)=O)C(=O)NCC(=O)NCC(=O)NC(Cc1ccccc1)C(=O)N[C@@H](CCCN=C(N)N)C(=O)N1CCCC1C(=O)N[C@@H](Cc1c[nH]c2ccccc12)C(N)=O. The van der Waals surface area contributed by atoms with Crippen molar-refractivity contribution < 1.29 is 38.4 Å². The quantitative estimate of drug-likeness (QED) is 0.0293. The lowest BCUT2D eigenvalue weighted by Crippen LogP contribution is -2.58. The third kappa shape index (κ3) is 15.5. The van der Waals surface area contributed by atoms with E-state index in [1.54, 1.807) is 36.5 Å². The molecule has 1 fully saturated rings. The largest absolute Gasteiger partial charge is 0.370 e. The van der Waals surface area contributed by atoms with Crippen LogP contribution in [0.5, 0.6) is 0 Å². The van der Waals surface area contributed by atoms with E-state index in [0.29, 0.717) is 31.2 Å². The summed E-state index contributed by atoms with van der Waals surface area (Å²) in [6, 6.07) is 11.1. The Morgan fingerprint density at radius 2 is 1.46 bits per heavy atom. The zero-order chi connectivity index (χ0) is 45.9. The maximum Gasteiger partial charge on any atom is 0.245 e. The fourth-order valence-corrected chi connectivity index (χ4v) is 7.31. The van der Waals surface area contributed by atoms with Crippen molar-refractivity contribution >= 4 is 64.1 Å². The lowest BCUT2D eigenvalue weighted by Gasteiger charge is -2.30. The lowest BCUT2D eigenvalue weighted by molar-refractivity contribution is -0.142. The molecule has 20 heteroatoms. The molecular formula is C43H60N12O8. The number of likely N-dealkylation sites (tertiary alicyclic amines) is 1. The first-order valence-corrected chi connectivity index (χ1v) is 21.1. The summed E-state index contributed by atoms with van der Waals surface area (Å²) in [7, 11) is 0. The summed E-state index contributed by atoms with van der Waals surface area (Å²) in [4.78, 5) is 113. The number of unbranched alkanes of at least 4 members (excludes halogenated alkanes) is 1. The molecule has 1 aliphatic heterocycles. The number of fused-ring (bicyclic) bond motifs is 1. The van der Waals surface area contributed by atoms with E-state index in [-0.39, 0.29) is 50.6 Å². The second-order valence-corrected chi connectivity index (χ2v) is 15.4. The molecule has 0 saturated carbocycles. The van der Waals surface area contributed by atoms with Crippen LogP contribution in [0.25, 0.3) is 10.9 Å². The monoisotopic (exact) mass is 872 g/mol. The Hall–Kier alpha value is -6.99. The Morgan fingerprint density at radius 1 is 0.762 bits per heavy atom. The molecule has 63 heavy (non-hydrogen) atoms. The van der Waals surface area contributed by atoms with Gasteiger partial charge in [0.2, 0.25) is 47.3 Å². The zero-order valence-electron chi connectivity index (χ0n) is 35.7. The Labute approximate surface area is 365 Å². The first kappa shape index (κ1) is 48.7. The maximum absolute atomic E-state index is 14.3. The highest BCUT2D eigenvalue weighted by molar-refractivity contribution is 5.97. The molecule has 1 saturated heterocycles. The first-order valence-electron chi connectivity index (χ1n) is 21.1. The number of benzene rings is 2. The van der Waals surface area contributed by atoms with Crippen LogP contribution in [0.15, 0.2) is 65.8 Å². The molecule has 0 aliphatic carbocycles. The van der Waals surface area contributed by atoms with Gasteiger partial charge in [0.15, 0.2) is 5.96 Å². The highest BCUT2D eigenvalue weighted by atomic mass is 16.2. The van der Waals surface area contributed by atoms with E-state index in [1.807, 2.05) is 31.2 Å². The molecule has 8 amide bonds. The van der Waals surface area contributed by atoms with Crippen LogP contribution >= 0.6 is 0 Å². The summed E-state index contributed by atoms with van der Waals surface area (Å²) < 4.78 is 0. The van der Waals surface area contributed by atoms with Crippen LogP contribution < -0.4 is 49.1 Å². The number of nitrogens with one attached hydrogen (secondary N) is 7. The standard InChI is InChI=1S/C43H60N12O8/c1-3-4-15-31(51-26(2)56)39(60)50-24-36(57)49-25-37(58)52-34(21-27-12-6-5-7-13-27)40(61)53-32(17-10-19-47-43(45)46)42(63)55-20-11-18-35(55)41(62)54-33(38(44)59)22-28-23-48-30-16-9-8-14-29(28)30/h5-9,12-14,16,23,31-35,48H,3-4,10-11,15,17-22,24-25H2,1-2H3,(H2,44,59)(H,49,57)(H,50,60)(H,51,56)(H,52,58)(H,53,61)(H,54,62)(H4,45,46,47)/t31-,32-,33-,34?,35?/m0/s1. The average Bonchev–Trinajstić information content (AvgIpc) is 3.92. The highest BCUT2D eigenvalue weighted by Crippen LogP contribution is 2.22. The Morgan fingerprint density at radius 3 is 2.16 bits per heavy atom. The molecule has 4 rings (SSSR count). The summed E-state index contributed by atoms with van der Waals surface area (Å²) in [6.07, 6.45) is 4.83. The van der Waals surface area contributed by atoms with Crippen molar-refractivity contribution in [3.05, 3.63) is 71.9 Å². The number of aromatic nitrogens is 1. The number of para-hydroxylation sites is 1. The number of nitrogens with two attached hydrogens (primary N) is 3. The fourth-order valence-electron chi connectivity index (χ4n) is 7.31. The van der Waals surface area contributed by atoms with Gasteiger partial charge in [0, 0.05) is 50.0 Å². The summed E-state index contributed by atoms with van der Waals surface area (Å²) in [5, 5.41) is 16.5. The number of aromatic amines is 1. The average molecular weight is 873 g/mol. The van der Waals surface area contributed by atoms with E-state index in [9.17, 15) is 38.4 Å². The van der Waals surface area contributed by atoms with Crippen molar-refractivity contribution in [2.24, 2.45) is 22.2 Å². The molecule has 0 radical (unpaired) electrons. The first-order chi connectivity index (χ1) is 30.2. The number of rotatable bonds is 24. The molecule has 13 N–H and O–H groups in total. The number of carbonyl (C=O) groups excluding carboxylic acids is 8. The van der Waals surface area contributed by atoms with Crippen LogP contribution in [-0.4, -0.2) is 119 Å². The Kier molecular flexibility index (Phi) is 18.9. The third-order valence-electron chi connectivity index (χ3n) is 10.5. The molecule has 0 spiro atoms. The lowest BCUT2D eigenvalue weighted by atomic mass is 10.0. The van der Waals surface area contributed by atoms with E-state index in [4.69, 9.17) is 17.2 Å². The van der Waals surface area contributed by atoms with Gasteiger partial charge in [0.25, 0.3) is 0 Å². The number of carbonyl (C=O) groups is 8. The van der Waals surface area contributed by atoms with Gasteiger partial charge < -0.3 is 59.0 Å². The van der Waals surface area contributed by atoms with Gasteiger partial charge in [-0.15, -0.1) is 0 Å². The van der Waals surface area contributed by atoms with E-state index in [1.165, 1.54) is 11.8 Å². The molecule has 0 bridgehead atoms. The van der Waals surface area contributed by atoms with Crippen LogP contribution in [-0.2, 0) is 51.2 Å². The molecule has 5 atom stereocenters. The van der Waals surface area contributed by atoms with Gasteiger partial charge >= 0.3 is 0 Å². The Bertz CT molecular complexity index is 2100. The van der Waals surface area contributed by atoms with Gasteiger partial charge in [-0.05, 0) is 49.3 Å². The summed E-state index contributed by atoms with van der Waals surface area (Å²) in [5.41, 5.74) is 19.1. The van der Waals surface area contributed by atoms with Gasteiger partial charge in [-0.2, -0.15) is 0 Å². The summed E-state index contributed by atoms with van der Waals surface area (Å²) in [6.45, 7) is 2.55. The molecule has 2 aromatic carbocycles. The highest BCUT2D eigenvalue weighted by Gasteiger charge is 2.39. The van der Waals surface area contributed by atoms with Gasteiger partial charge in [0.1, 0.15) is 30.2 Å². The fraction of sp³-hybridized carbons (Fsp3) is 0.465. The molecule has 1 aliphatic rings. The van der Waals surface area contributed by atoms with E-state index in [2.05, 4.69) is 41.9 Å². The number of nitrogens with zero attached hydrogens (tertiary/aromatic N) is 2. The van der Waals surface area contributed by atoms with Gasteiger partial charge in [-0.3, -0.25) is 43.3 Å². The van der Waals surface area contributed by atoms with Crippen LogP contribution in [0.3, 0.4) is 0 Å². The second kappa shape index (κ2) is 24.5. The van der Waals surface area contributed by atoms with Crippen molar-refractivity contribution in [1.29, 1.82) is 0 Å². The van der Waals surface area contributed by atoms with Crippen LogP contribution in [0, 0.1) is 0 Å². The Balaban J connectivity index is 1.45. The minimum atomic E-state index is -1.22. The third-order valence-corrected chi connectivity index (χ3v) is 10.5. The number of aliphatic imine (C=N–C) groups is 1. The van der Waals surface area contributed by atoms with E-state index >= 15 is 0 Å². The minimum Gasteiger partial charge on any atom is -0.370 e. The number of hydrogen-bond donors (Lipinski definition) is 10.